The van der Waals surface area contributed by atoms with E-state index >= 15 is 0 Å². The maximum absolute atomic E-state index is 12.8. The summed E-state index contributed by atoms with van der Waals surface area (Å²) in [5.41, 5.74) is 0. The van der Waals surface area contributed by atoms with Crippen molar-refractivity contribution >= 4 is 11.9 Å². The van der Waals surface area contributed by atoms with Crippen LogP contribution in [-0.4, -0.2) is 89.0 Å². The van der Waals surface area contributed by atoms with Crippen LogP contribution in [-0.2, 0) is 28.5 Å². The zero-order valence-corrected chi connectivity index (χ0v) is 35.5. The molecule has 1 unspecified atom stereocenters. The van der Waals surface area contributed by atoms with E-state index in [2.05, 4.69) is 13.8 Å². The van der Waals surface area contributed by atoms with E-state index < -0.39 is 49.4 Å². The molecule has 1 saturated heterocycles. The number of hydrogen-bond acceptors (Lipinski definition) is 10. The second-order valence-electron chi connectivity index (χ2n) is 16.2. The Morgan fingerprint density at radius 3 is 1.24 bits per heavy atom. The lowest BCUT2D eigenvalue weighted by Gasteiger charge is -2.39. The normalized spacial score (nSPS) is 20.4. The predicted molar refractivity (Wildman–Crippen MR) is 220 cm³/mol. The molecule has 1 fully saturated rings. The second-order valence-corrected chi connectivity index (χ2v) is 16.2. The Hall–Kier alpha value is -1.30. The SMILES string of the molecule is CCCCCCCCCCCCCCCCCC(=O)OCC(CO[C@H]1O[C@H](CO)[C@@H](O)[C@H](O)[C@@H]1O)OC(=O)CCCCCCCCCCCCCCCCC. The molecule has 55 heavy (non-hydrogen) atoms. The van der Waals surface area contributed by atoms with Crippen LogP contribution in [0, 0.1) is 0 Å². The molecule has 10 heteroatoms. The van der Waals surface area contributed by atoms with Crippen LogP contribution in [0.1, 0.15) is 219 Å². The number of esters is 2. The van der Waals surface area contributed by atoms with Crippen LogP contribution in [0.25, 0.3) is 0 Å². The molecule has 0 aromatic rings. The molecule has 0 bridgehead atoms. The van der Waals surface area contributed by atoms with E-state index in [0.29, 0.717) is 6.42 Å². The van der Waals surface area contributed by atoms with Crippen molar-refractivity contribution in [1.82, 2.24) is 0 Å². The minimum absolute atomic E-state index is 0.209. The van der Waals surface area contributed by atoms with Crippen molar-refractivity contribution in [1.29, 1.82) is 0 Å². The molecule has 6 atom stereocenters. The molecule has 0 aromatic heterocycles. The maximum atomic E-state index is 12.8. The third kappa shape index (κ3) is 28.7. The van der Waals surface area contributed by atoms with Crippen LogP contribution < -0.4 is 0 Å². The molecule has 1 heterocycles. The van der Waals surface area contributed by atoms with Crippen molar-refractivity contribution in [3.8, 4) is 0 Å². The summed E-state index contributed by atoms with van der Waals surface area (Å²) in [4.78, 5) is 25.3. The fraction of sp³-hybridized carbons (Fsp3) is 0.956. The molecule has 0 amide bonds. The summed E-state index contributed by atoms with van der Waals surface area (Å²) in [5.74, 6) is -0.790. The first-order valence-electron chi connectivity index (χ1n) is 23.1. The molecular weight excluding hydrogens is 700 g/mol. The fourth-order valence-electron chi connectivity index (χ4n) is 7.31. The summed E-state index contributed by atoms with van der Waals surface area (Å²) in [7, 11) is 0. The quantitative estimate of drug-likeness (QED) is 0.0350. The molecule has 10 nitrogen and oxygen atoms in total. The Morgan fingerprint density at radius 1 is 0.491 bits per heavy atom. The average Bonchev–Trinajstić information content (AvgIpc) is 3.18. The van der Waals surface area contributed by atoms with E-state index in [9.17, 15) is 30.0 Å². The monoisotopic (exact) mass is 787 g/mol. The van der Waals surface area contributed by atoms with Gasteiger partial charge in [-0.05, 0) is 12.8 Å². The van der Waals surface area contributed by atoms with Gasteiger partial charge >= 0.3 is 11.9 Å². The number of carbonyl (C=O) groups is 2. The van der Waals surface area contributed by atoms with Crippen molar-refractivity contribution in [3.05, 3.63) is 0 Å². The van der Waals surface area contributed by atoms with Gasteiger partial charge in [0.1, 0.15) is 31.0 Å². The highest BCUT2D eigenvalue weighted by Gasteiger charge is 2.44. The van der Waals surface area contributed by atoms with Crippen molar-refractivity contribution in [2.24, 2.45) is 0 Å². The summed E-state index contributed by atoms with van der Waals surface area (Å²) >= 11 is 0. The standard InChI is InChI=1S/C45H86O10/c1-3-5-7-9-11-13-15-17-19-21-23-25-27-29-31-33-40(47)52-36-38(37-53-45-44(51)43(50)42(49)39(35-46)55-45)54-41(48)34-32-30-28-26-24-22-20-18-16-14-12-10-8-6-4-2/h38-39,42-46,49-51H,3-37H2,1-2H3/t38?,39-,42-,43+,44+,45+/m1/s1. The lowest BCUT2D eigenvalue weighted by atomic mass is 9.99. The zero-order valence-electron chi connectivity index (χ0n) is 35.5. The van der Waals surface area contributed by atoms with Crippen LogP contribution >= 0.6 is 0 Å². The van der Waals surface area contributed by atoms with Crippen LogP contribution in [0.4, 0.5) is 0 Å². The molecule has 0 aliphatic carbocycles. The highest BCUT2D eigenvalue weighted by atomic mass is 16.7. The molecule has 4 N–H and O–H groups in total. The molecule has 0 saturated carbocycles. The van der Waals surface area contributed by atoms with Gasteiger partial charge in [0.2, 0.25) is 0 Å². The Kier molecular flexibility index (Phi) is 34.8. The van der Waals surface area contributed by atoms with Crippen molar-refractivity contribution < 1.29 is 49.0 Å². The van der Waals surface area contributed by atoms with Gasteiger partial charge in [0.15, 0.2) is 12.4 Å². The zero-order chi connectivity index (χ0) is 40.2. The molecule has 0 spiro atoms. The van der Waals surface area contributed by atoms with E-state index in [4.69, 9.17) is 18.9 Å². The molecule has 1 aliphatic heterocycles. The van der Waals surface area contributed by atoms with E-state index in [1.807, 2.05) is 0 Å². The highest BCUT2D eigenvalue weighted by Crippen LogP contribution is 2.23. The number of unbranched alkanes of at least 4 members (excludes halogenated alkanes) is 28. The van der Waals surface area contributed by atoms with Gasteiger partial charge in [0.05, 0.1) is 13.2 Å². The minimum atomic E-state index is -1.59. The van der Waals surface area contributed by atoms with Gasteiger partial charge < -0.3 is 39.4 Å². The third-order valence-electron chi connectivity index (χ3n) is 11.0. The number of carbonyl (C=O) groups excluding carboxylic acids is 2. The maximum Gasteiger partial charge on any atom is 0.306 e. The lowest BCUT2D eigenvalue weighted by Crippen LogP contribution is -2.59. The van der Waals surface area contributed by atoms with Crippen molar-refractivity contribution in [3.63, 3.8) is 0 Å². The molecule has 1 aliphatic rings. The van der Waals surface area contributed by atoms with Gasteiger partial charge in [-0.25, -0.2) is 0 Å². The van der Waals surface area contributed by atoms with E-state index in [0.717, 1.165) is 38.5 Å². The summed E-state index contributed by atoms with van der Waals surface area (Å²) < 4.78 is 22.2. The minimum Gasteiger partial charge on any atom is -0.462 e. The van der Waals surface area contributed by atoms with Crippen molar-refractivity contribution in [2.75, 3.05) is 19.8 Å². The van der Waals surface area contributed by atoms with Crippen molar-refractivity contribution in [2.45, 2.75) is 256 Å². The predicted octanol–water partition coefficient (Wildman–Crippen LogP) is 9.78. The number of hydrogen-bond donors (Lipinski definition) is 4. The topological polar surface area (TPSA) is 152 Å². The highest BCUT2D eigenvalue weighted by molar-refractivity contribution is 5.70. The number of aliphatic hydroxyl groups excluding tert-OH is 4. The second kappa shape index (κ2) is 37.0. The first-order valence-corrected chi connectivity index (χ1v) is 23.1. The van der Waals surface area contributed by atoms with Crippen LogP contribution in [0.2, 0.25) is 0 Å². The molecular formula is C45H86O10. The van der Waals surface area contributed by atoms with Gasteiger partial charge in [0, 0.05) is 12.8 Å². The first kappa shape index (κ1) is 51.7. The third-order valence-corrected chi connectivity index (χ3v) is 11.0. The van der Waals surface area contributed by atoms with Gasteiger partial charge in [-0.3, -0.25) is 9.59 Å². The summed E-state index contributed by atoms with van der Waals surface area (Å²) in [6.45, 7) is 3.46. The van der Waals surface area contributed by atoms with Gasteiger partial charge in [-0.1, -0.05) is 194 Å². The summed E-state index contributed by atoms with van der Waals surface area (Å²) in [6, 6.07) is 0. The fourth-order valence-corrected chi connectivity index (χ4v) is 7.31. The Bertz CT molecular complexity index is 871. The molecule has 326 valence electrons. The Labute approximate surface area is 336 Å². The number of aliphatic hydroxyl groups is 4. The summed E-state index contributed by atoms with van der Waals surface area (Å²) in [6.07, 6.45) is 29.6. The first-order chi connectivity index (χ1) is 26.8. The smallest absolute Gasteiger partial charge is 0.306 e. The largest absolute Gasteiger partial charge is 0.462 e. The molecule has 0 radical (unpaired) electrons. The summed E-state index contributed by atoms with van der Waals surface area (Å²) in [5, 5.41) is 40.1. The van der Waals surface area contributed by atoms with Crippen LogP contribution in [0.15, 0.2) is 0 Å². The molecule has 1 rings (SSSR count). The van der Waals surface area contributed by atoms with E-state index in [1.54, 1.807) is 0 Å². The average molecular weight is 787 g/mol. The van der Waals surface area contributed by atoms with E-state index in [1.165, 1.54) is 148 Å². The van der Waals surface area contributed by atoms with Crippen LogP contribution in [0.5, 0.6) is 0 Å². The van der Waals surface area contributed by atoms with Crippen LogP contribution in [0.3, 0.4) is 0 Å². The number of ether oxygens (including phenoxy) is 4. The number of rotatable bonds is 39. The molecule has 0 aromatic carbocycles. The van der Waals surface area contributed by atoms with Gasteiger partial charge in [0.25, 0.3) is 0 Å². The van der Waals surface area contributed by atoms with E-state index in [-0.39, 0.29) is 32.0 Å². The van der Waals surface area contributed by atoms with Gasteiger partial charge in [-0.15, -0.1) is 0 Å². The lowest BCUT2D eigenvalue weighted by molar-refractivity contribution is -0.305. The Morgan fingerprint density at radius 2 is 0.855 bits per heavy atom. The van der Waals surface area contributed by atoms with Gasteiger partial charge in [-0.2, -0.15) is 0 Å². The Balaban J connectivity index is 2.30.